The lowest BCUT2D eigenvalue weighted by Gasteiger charge is -2.07. The zero-order valence-electron chi connectivity index (χ0n) is 10.5. The van der Waals surface area contributed by atoms with Gasteiger partial charge in [-0.2, -0.15) is 0 Å². The smallest absolute Gasteiger partial charge is 0.339 e. The molecular formula is C15H11ClO4. The van der Waals surface area contributed by atoms with E-state index < -0.39 is 5.97 Å². The monoisotopic (exact) mass is 290 g/mol. The molecule has 102 valence electrons. The van der Waals surface area contributed by atoms with Crippen LogP contribution >= 0.6 is 11.6 Å². The number of ether oxygens (including phenoxy) is 3. The van der Waals surface area contributed by atoms with Crippen LogP contribution in [-0.4, -0.2) is 12.8 Å². The van der Waals surface area contributed by atoms with Gasteiger partial charge in [0, 0.05) is 0 Å². The average Bonchev–Trinajstić information content (AvgIpc) is 2.92. The van der Waals surface area contributed by atoms with Crippen molar-refractivity contribution in [3.63, 3.8) is 0 Å². The lowest BCUT2D eigenvalue weighted by Crippen LogP contribution is -2.05. The van der Waals surface area contributed by atoms with E-state index >= 15 is 0 Å². The Balaban J connectivity index is 1.68. The Kier molecular flexibility index (Phi) is 3.48. The van der Waals surface area contributed by atoms with Crippen LogP contribution in [0.15, 0.2) is 42.5 Å². The second kappa shape index (κ2) is 5.43. The van der Waals surface area contributed by atoms with Gasteiger partial charge < -0.3 is 14.2 Å². The fraction of sp³-hybridized carbons (Fsp3) is 0.133. The minimum Gasteiger partial charge on any atom is -0.457 e. The molecule has 0 N–H and O–H groups in total. The van der Waals surface area contributed by atoms with Crippen molar-refractivity contribution in [2.75, 3.05) is 6.79 Å². The van der Waals surface area contributed by atoms with Gasteiger partial charge in [-0.25, -0.2) is 4.79 Å². The molecular weight excluding hydrogens is 280 g/mol. The Hall–Kier alpha value is -2.20. The van der Waals surface area contributed by atoms with Crippen LogP contribution in [-0.2, 0) is 11.3 Å². The van der Waals surface area contributed by atoms with Crippen molar-refractivity contribution in [2.45, 2.75) is 6.61 Å². The highest BCUT2D eigenvalue weighted by Gasteiger charge is 2.15. The molecule has 0 saturated carbocycles. The molecule has 0 unspecified atom stereocenters. The first-order chi connectivity index (χ1) is 9.74. The van der Waals surface area contributed by atoms with E-state index in [1.54, 1.807) is 36.4 Å². The SMILES string of the molecule is O=C(OCc1ccc2c(c1)OCO2)c1ccccc1Cl. The van der Waals surface area contributed by atoms with Crippen LogP contribution in [0.2, 0.25) is 5.02 Å². The molecule has 0 radical (unpaired) electrons. The second-order valence-electron chi connectivity index (χ2n) is 4.24. The Morgan fingerprint density at radius 3 is 2.80 bits per heavy atom. The van der Waals surface area contributed by atoms with Crippen LogP contribution in [0.5, 0.6) is 11.5 Å². The molecule has 1 aliphatic heterocycles. The van der Waals surface area contributed by atoms with Gasteiger partial charge in [-0.1, -0.05) is 29.8 Å². The molecule has 0 bridgehead atoms. The van der Waals surface area contributed by atoms with Crippen molar-refractivity contribution in [3.8, 4) is 11.5 Å². The third kappa shape index (κ3) is 2.56. The number of halogens is 1. The van der Waals surface area contributed by atoms with Gasteiger partial charge in [0.25, 0.3) is 0 Å². The van der Waals surface area contributed by atoms with Crippen molar-refractivity contribution in [2.24, 2.45) is 0 Å². The molecule has 3 rings (SSSR count). The molecule has 0 atom stereocenters. The van der Waals surface area contributed by atoms with E-state index in [1.165, 1.54) is 0 Å². The van der Waals surface area contributed by atoms with Gasteiger partial charge in [-0.15, -0.1) is 0 Å². The summed E-state index contributed by atoms with van der Waals surface area (Å²) in [5, 5.41) is 0.378. The van der Waals surface area contributed by atoms with Gasteiger partial charge in [0.2, 0.25) is 6.79 Å². The van der Waals surface area contributed by atoms with Crippen molar-refractivity contribution >= 4 is 17.6 Å². The Labute approximate surface area is 120 Å². The summed E-state index contributed by atoms with van der Waals surface area (Å²) in [6.45, 7) is 0.374. The molecule has 0 aromatic heterocycles. The number of hydrogen-bond acceptors (Lipinski definition) is 4. The van der Waals surface area contributed by atoms with E-state index in [2.05, 4.69) is 0 Å². The van der Waals surface area contributed by atoms with Crippen molar-refractivity contribution in [1.82, 2.24) is 0 Å². The number of benzene rings is 2. The third-order valence-corrected chi connectivity index (χ3v) is 3.23. The maximum absolute atomic E-state index is 11.9. The van der Waals surface area contributed by atoms with Crippen LogP contribution in [0.25, 0.3) is 0 Å². The molecule has 4 nitrogen and oxygen atoms in total. The van der Waals surface area contributed by atoms with Crippen LogP contribution in [0, 0.1) is 0 Å². The first-order valence-electron chi connectivity index (χ1n) is 6.04. The van der Waals surface area contributed by atoms with E-state index in [9.17, 15) is 4.79 Å². The Morgan fingerprint density at radius 1 is 1.15 bits per heavy atom. The summed E-state index contributed by atoms with van der Waals surface area (Å²) in [4.78, 5) is 11.9. The summed E-state index contributed by atoms with van der Waals surface area (Å²) in [6.07, 6.45) is 0. The largest absolute Gasteiger partial charge is 0.457 e. The van der Waals surface area contributed by atoms with Crippen molar-refractivity contribution in [1.29, 1.82) is 0 Å². The first-order valence-corrected chi connectivity index (χ1v) is 6.42. The first kappa shape index (κ1) is 12.8. The van der Waals surface area contributed by atoms with E-state index in [0.717, 1.165) is 5.56 Å². The minimum atomic E-state index is -0.451. The van der Waals surface area contributed by atoms with Gasteiger partial charge in [0.05, 0.1) is 10.6 Å². The molecule has 0 fully saturated rings. The van der Waals surface area contributed by atoms with Gasteiger partial charge in [0.15, 0.2) is 11.5 Å². The van der Waals surface area contributed by atoms with Gasteiger partial charge >= 0.3 is 5.97 Å². The fourth-order valence-corrected chi connectivity index (χ4v) is 2.10. The molecule has 0 aliphatic carbocycles. The van der Waals surface area contributed by atoms with E-state index in [0.29, 0.717) is 22.1 Å². The van der Waals surface area contributed by atoms with E-state index in [-0.39, 0.29) is 13.4 Å². The predicted octanol–water partition coefficient (Wildman–Crippen LogP) is 3.43. The summed E-state index contributed by atoms with van der Waals surface area (Å²) in [5.41, 5.74) is 1.18. The maximum Gasteiger partial charge on any atom is 0.339 e. The van der Waals surface area contributed by atoms with Crippen LogP contribution < -0.4 is 9.47 Å². The maximum atomic E-state index is 11.9. The summed E-state index contributed by atoms with van der Waals surface area (Å²) < 4.78 is 15.7. The summed E-state index contributed by atoms with van der Waals surface area (Å²) >= 11 is 5.94. The summed E-state index contributed by atoms with van der Waals surface area (Å²) in [7, 11) is 0. The highest BCUT2D eigenvalue weighted by atomic mass is 35.5. The minimum absolute atomic E-state index is 0.153. The predicted molar refractivity (Wildman–Crippen MR) is 73.1 cm³/mol. The molecule has 0 saturated heterocycles. The highest BCUT2D eigenvalue weighted by molar-refractivity contribution is 6.33. The molecule has 1 heterocycles. The van der Waals surface area contributed by atoms with E-state index in [1.807, 2.05) is 6.07 Å². The zero-order chi connectivity index (χ0) is 13.9. The van der Waals surface area contributed by atoms with Gasteiger partial charge in [-0.3, -0.25) is 0 Å². The third-order valence-electron chi connectivity index (χ3n) is 2.90. The van der Waals surface area contributed by atoms with Gasteiger partial charge in [0.1, 0.15) is 6.61 Å². The highest BCUT2D eigenvalue weighted by Crippen LogP contribution is 2.32. The quantitative estimate of drug-likeness (QED) is 0.813. The molecule has 0 spiro atoms. The summed E-state index contributed by atoms with van der Waals surface area (Å²) in [6, 6.07) is 12.2. The second-order valence-corrected chi connectivity index (χ2v) is 4.65. The Bertz CT molecular complexity index is 654. The lowest BCUT2D eigenvalue weighted by molar-refractivity contribution is 0.0472. The van der Waals surface area contributed by atoms with Crippen LogP contribution in [0.4, 0.5) is 0 Å². The number of carbonyl (C=O) groups is 1. The molecule has 1 aliphatic rings. The normalized spacial score (nSPS) is 12.2. The molecule has 20 heavy (non-hydrogen) atoms. The molecule has 5 heteroatoms. The Morgan fingerprint density at radius 2 is 1.95 bits per heavy atom. The number of fused-ring (bicyclic) bond motifs is 1. The molecule has 2 aromatic rings. The topological polar surface area (TPSA) is 44.8 Å². The number of hydrogen-bond donors (Lipinski definition) is 0. The molecule has 2 aromatic carbocycles. The number of esters is 1. The fourth-order valence-electron chi connectivity index (χ4n) is 1.88. The van der Waals surface area contributed by atoms with Crippen molar-refractivity contribution in [3.05, 3.63) is 58.6 Å². The average molecular weight is 291 g/mol. The standard InChI is InChI=1S/C15H11ClO4/c16-12-4-2-1-3-11(12)15(17)18-8-10-5-6-13-14(7-10)20-9-19-13/h1-7H,8-9H2. The van der Waals surface area contributed by atoms with E-state index in [4.69, 9.17) is 25.8 Å². The molecule has 0 amide bonds. The number of rotatable bonds is 3. The lowest BCUT2D eigenvalue weighted by atomic mass is 10.2. The summed E-state index contributed by atoms with van der Waals surface area (Å²) in [5.74, 6) is 0.913. The zero-order valence-corrected chi connectivity index (χ0v) is 11.2. The van der Waals surface area contributed by atoms with Crippen LogP contribution in [0.3, 0.4) is 0 Å². The van der Waals surface area contributed by atoms with Gasteiger partial charge in [-0.05, 0) is 29.8 Å². The number of carbonyl (C=O) groups excluding carboxylic acids is 1. The van der Waals surface area contributed by atoms with Crippen LogP contribution in [0.1, 0.15) is 15.9 Å². The van der Waals surface area contributed by atoms with Crippen molar-refractivity contribution < 1.29 is 19.0 Å².